The van der Waals surface area contributed by atoms with Crippen molar-refractivity contribution in [3.63, 3.8) is 0 Å². The van der Waals surface area contributed by atoms with Crippen LogP contribution in [0.15, 0.2) is 42.5 Å². The maximum atomic E-state index is 13.5. The molecule has 2 aromatic rings. The molecule has 0 saturated carbocycles. The van der Waals surface area contributed by atoms with Crippen LogP contribution in [0.3, 0.4) is 0 Å². The average molecular weight is 394 g/mol. The molecular weight excluding hydrogens is 373 g/mol. The number of hydrogen-bond donors (Lipinski definition) is 2. The molecular formula is C20H21ClFNO4. The predicted octanol–water partition coefficient (Wildman–Crippen LogP) is 4.97. The van der Waals surface area contributed by atoms with Gasteiger partial charge >= 0.3 is 12.1 Å². The van der Waals surface area contributed by atoms with Crippen LogP contribution in [0, 0.1) is 5.82 Å². The first kappa shape index (κ1) is 20.7. The summed E-state index contributed by atoms with van der Waals surface area (Å²) >= 11 is 5.87. The molecule has 144 valence electrons. The first-order valence-corrected chi connectivity index (χ1v) is 8.61. The van der Waals surface area contributed by atoms with Gasteiger partial charge < -0.3 is 15.2 Å². The molecule has 0 aliphatic rings. The molecule has 2 rings (SSSR count). The molecule has 2 aromatic carbocycles. The van der Waals surface area contributed by atoms with E-state index < -0.39 is 29.0 Å². The lowest BCUT2D eigenvalue weighted by Crippen LogP contribution is -2.51. The lowest BCUT2D eigenvalue weighted by Gasteiger charge is -2.30. The normalized spacial score (nSPS) is 13.6. The van der Waals surface area contributed by atoms with Crippen molar-refractivity contribution in [1.29, 1.82) is 0 Å². The number of alkyl carbamates (subject to hydrolysis) is 1. The standard InChI is InChI=1S/C20H21ClFNO4/c1-19(2,3)27-18(26)23-20(4,17(24)25)14-8-6-5-7-13(14)12-9-10-16(22)15(21)11-12/h5-11H,1-4H3,(H,23,26)(H,24,25). The molecule has 0 aromatic heterocycles. The van der Waals surface area contributed by atoms with Gasteiger partial charge in [0.2, 0.25) is 0 Å². The summed E-state index contributed by atoms with van der Waals surface area (Å²) in [7, 11) is 0. The Hall–Kier alpha value is -2.60. The Kier molecular flexibility index (Phi) is 5.80. The Morgan fingerprint density at radius 1 is 1.11 bits per heavy atom. The number of halogens is 2. The average Bonchev–Trinajstić information content (AvgIpc) is 2.55. The summed E-state index contributed by atoms with van der Waals surface area (Å²) in [4.78, 5) is 24.3. The van der Waals surface area contributed by atoms with Gasteiger partial charge in [-0.05, 0) is 56.5 Å². The highest BCUT2D eigenvalue weighted by atomic mass is 35.5. The van der Waals surface area contributed by atoms with Crippen molar-refractivity contribution in [3.8, 4) is 11.1 Å². The van der Waals surface area contributed by atoms with E-state index in [0.717, 1.165) is 0 Å². The fraction of sp³-hybridized carbons (Fsp3) is 0.300. The fourth-order valence-electron chi connectivity index (χ4n) is 2.58. The molecule has 0 saturated heterocycles. The summed E-state index contributed by atoms with van der Waals surface area (Å²) in [6.45, 7) is 6.40. The highest BCUT2D eigenvalue weighted by Gasteiger charge is 2.40. The number of hydrogen-bond acceptors (Lipinski definition) is 3. The van der Waals surface area contributed by atoms with Crippen LogP contribution in [0.5, 0.6) is 0 Å². The zero-order valence-electron chi connectivity index (χ0n) is 15.5. The molecule has 1 unspecified atom stereocenters. The third kappa shape index (κ3) is 4.77. The van der Waals surface area contributed by atoms with Crippen molar-refractivity contribution in [2.75, 3.05) is 0 Å². The largest absolute Gasteiger partial charge is 0.479 e. The number of amides is 1. The molecule has 1 amide bonds. The summed E-state index contributed by atoms with van der Waals surface area (Å²) in [5.74, 6) is -1.85. The van der Waals surface area contributed by atoms with Crippen molar-refractivity contribution in [2.45, 2.75) is 38.8 Å². The maximum absolute atomic E-state index is 13.5. The van der Waals surface area contributed by atoms with Gasteiger partial charge in [0.25, 0.3) is 0 Å². The van der Waals surface area contributed by atoms with E-state index in [-0.39, 0.29) is 5.02 Å². The van der Waals surface area contributed by atoms with Crippen molar-refractivity contribution in [1.82, 2.24) is 5.32 Å². The lowest BCUT2D eigenvalue weighted by atomic mass is 9.85. The molecule has 0 heterocycles. The van der Waals surface area contributed by atoms with Gasteiger partial charge in [0.15, 0.2) is 5.54 Å². The smallest absolute Gasteiger partial charge is 0.408 e. The van der Waals surface area contributed by atoms with Crippen molar-refractivity contribution in [3.05, 3.63) is 58.9 Å². The van der Waals surface area contributed by atoms with E-state index >= 15 is 0 Å². The van der Waals surface area contributed by atoms with Gasteiger partial charge in [-0.15, -0.1) is 0 Å². The van der Waals surface area contributed by atoms with Crippen LogP contribution in [-0.4, -0.2) is 22.8 Å². The van der Waals surface area contributed by atoms with Gasteiger partial charge in [-0.3, -0.25) is 0 Å². The van der Waals surface area contributed by atoms with Gasteiger partial charge in [0.05, 0.1) is 5.02 Å². The van der Waals surface area contributed by atoms with E-state index in [4.69, 9.17) is 16.3 Å². The van der Waals surface area contributed by atoms with Crippen molar-refractivity contribution < 1.29 is 23.8 Å². The zero-order chi connectivity index (χ0) is 20.4. The van der Waals surface area contributed by atoms with E-state index in [2.05, 4.69) is 5.32 Å². The summed E-state index contributed by atoms with van der Waals surface area (Å²) < 4.78 is 18.7. The number of aliphatic carboxylic acids is 1. The van der Waals surface area contributed by atoms with Crippen LogP contribution in [0.2, 0.25) is 5.02 Å². The molecule has 27 heavy (non-hydrogen) atoms. The quantitative estimate of drug-likeness (QED) is 0.768. The number of carbonyl (C=O) groups excluding carboxylic acids is 1. The summed E-state index contributed by atoms with van der Waals surface area (Å²) in [5.41, 5.74) is -1.23. The molecule has 1 atom stereocenters. The predicted molar refractivity (Wildman–Crippen MR) is 101 cm³/mol. The highest BCUT2D eigenvalue weighted by molar-refractivity contribution is 6.31. The summed E-state index contributed by atoms with van der Waals surface area (Å²) in [6, 6.07) is 10.7. The number of carbonyl (C=O) groups is 2. The Balaban J connectivity index is 2.53. The second-order valence-corrected chi connectivity index (χ2v) is 7.64. The number of ether oxygens (including phenoxy) is 1. The molecule has 0 fully saturated rings. The molecule has 0 aliphatic heterocycles. The van der Waals surface area contributed by atoms with Crippen LogP contribution in [-0.2, 0) is 15.1 Å². The number of carboxylic acid groups (broad SMARTS) is 1. The fourth-order valence-corrected chi connectivity index (χ4v) is 2.76. The summed E-state index contributed by atoms with van der Waals surface area (Å²) in [5, 5.41) is 12.2. The highest BCUT2D eigenvalue weighted by Crippen LogP contribution is 2.34. The van der Waals surface area contributed by atoms with E-state index in [0.29, 0.717) is 16.7 Å². The minimum atomic E-state index is -1.78. The second-order valence-electron chi connectivity index (χ2n) is 7.23. The van der Waals surface area contributed by atoms with E-state index in [1.807, 2.05) is 0 Å². The minimum absolute atomic E-state index is 0.0839. The van der Waals surface area contributed by atoms with E-state index in [9.17, 15) is 19.1 Å². The van der Waals surface area contributed by atoms with E-state index in [1.54, 1.807) is 45.0 Å². The first-order chi connectivity index (χ1) is 12.4. The van der Waals surface area contributed by atoms with Crippen LogP contribution in [0.25, 0.3) is 11.1 Å². The molecule has 5 nitrogen and oxygen atoms in total. The van der Waals surface area contributed by atoms with Gasteiger partial charge in [-0.1, -0.05) is 41.9 Å². The number of carboxylic acids is 1. The van der Waals surface area contributed by atoms with Crippen LogP contribution in [0.1, 0.15) is 33.3 Å². The maximum Gasteiger partial charge on any atom is 0.408 e. The lowest BCUT2D eigenvalue weighted by molar-refractivity contribution is -0.144. The number of rotatable bonds is 4. The number of benzene rings is 2. The van der Waals surface area contributed by atoms with Crippen LogP contribution < -0.4 is 5.32 Å². The zero-order valence-corrected chi connectivity index (χ0v) is 16.2. The monoisotopic (exact) mass is 393 g/mol. The third-order valence-electron chi connectivity index (χ3n) is 3.88. The number of nitrogens with one attached hydrogen (secondary N) is 1. The SMILES string of the molecule is CC(C)(C)OC(=O)NC(C)(C(=O)O)c1ccccc1-c1ccc(F)c(Cl)c1. The Bertz CT molecular complexity index is 879. The first-order valence-electron chi connectivity index (χ1n) is 8.23. The third-order valence-corrected chi connectivity index (χ3v) is 4.16. The van der Waals surface area contributed by atoms with Gasteiger partial charge in [-0.25, -0.2) is 14.0 Å². The molecule has 0 spiro atoms. The second kappa shape index (κ2) is 7.56. The van der Waals surface area contributed by atoms with E-state index in [1.165, 1.54) is 25.1 Å². The minimum Gasteiger partial charge on any atom is -0.479 e. The topological polar surface area (TPSA) is 75.6 Å². The van der Waals surface area contributed by atoms with Gasteiger partial charge in [0.1, 0.15) is 11.4 Å². The van der Waals surface area contributed by atoms with Crippen molar-refractivity contribution >= 4 is 23.7 Å². The summed E-state index contributed by atoms with van der Waals surface area (Å²) in [6.07, 6.45) is -0.862. The van der Waals surface area contributed by atoms with Gasteiger partial charge in [0, 0.05) is 0 Å². The van der Waals surface area contributed by atoms with Crippen LogP contribution >= 0.6 is 11.6 Å². The Morgan fingerprint density at radius 2 is 1.74 bits per heavy atom. The Morgan fingerprint density at radius 3 is 2.30 bits per heavy atom. The molecule has 2 N–H and O–H groups in total. The Labute approximate surface area is 162 Å². The van der Waals surface area contributed by atoms with Crippen LogP contribution in [0.4, 0.5) is 9.18 Å². The van der Waals surface area contributed by atoms with Gasteiger partial charge in [-0.2, -0.15) is 0 Å². The molecule has 0 bridgehead atoms. The molecule has 0 radical (unpaired) electrons. The van der Waals surface area contributed by atoms with Crippen molar-refractivity contribution in [2.24, 2.45) is 0 Å². The molecule has 0 aliphatic carbocycles. The molecule has 7 heteroatoms.